The molecule has 0 bridgehead atoms. The fourth-order valence-corrected chi connectivity index (χ4v) is 2.57. The summed E-state index contributed by atoms with van der Waals surface area (Å²) in [4.78, 5) is 25.5. The number of nitrogens with zero attached hydrogens (tertiary/aromatic N) is 1. The van der Waals surface area contributed by atoms with Crippen LogP contribution in [-0.2, 0) is 4.79 Å². The molecule has 0 spiro atoms. The van der Waals surface area contributed by atoms with Gasteiger partial charge in [0.05, 0.1) is 12.1 Å². The van der Waals surface area contributed by atoms with Crippen LogP contribution in [0.25, 0.3) is 0 Å². The lowest BCUT2D eigenvalue weighted by atomic mass is 9.73. The third-order valence-electron chi connectivity index (χ3n) is 3.48. The summed E-state index contributed by atoms with van der Waals surface area (Å²) >= 11 is 0. The maximum atomic E-state index is 12.1. The molecule has 0 radical (unpaired) electrons. The van der Waals surface area contributed by atoms with Crippen molar-refractivity contribution in [2.24, 2.45) is 10.8 Å². The maximum Gasteiger partial charge on any atom is 0.324 e. The Balaban J connectivity index is 3.20. The Bertz CT molecular complexity index is 350. The Hall–Kier alpha value is -1.06. The van der Waals surface area contributed by atoms with E-state index in [1.165, 1.54) is 4.90 Å². The third-order valence-corrected chi connectivity index (χ3v) is 3.48. The molecule has 3 amide bonds. The molecule has 1 rings (SSSR count). The molecule has 1 N–H and O–H groups in total. The van der Waals surface area contributed by atoms with E-state index in [1.54, 1.807) is 6.92 Å². The number of hydrogen-bond donors (Lipinski definition) is 1. The minimum absolute atomic E-state index is 0.0134. The SMILES string of the molecule is CCC(=O)N1C(=O)N[C@@H](C(C)(C)C)[C@@H]1C(C)(C)C. The van der Waals surface area contributed by atoms with E-state index in [-0.39, 0.29) is 34.9 Å². The maximum absolute atomic E-state index is 12.1. The summed E-state index contributed by atoms with van der Waals surface area (Å²) in [6, 6.07) is -0.361. The van der Waals surface area contributed by atoms with E-state index in [1.807, 2.05) is 0 Å². The second-order valence-corrected chi connectivity index (χ2v) is 7.22. The van der Waals surface area contributed by atoms with Crippen LogP contribution in [0.15, 0.2) is 0 Å². The molecule has 104 valence electrons. The van der Waals surface area contributed by atoms with E-state index >= 15 is 0 Å². The molecular weight excluding hydrogens is 228 g/mol. The Labute approximate surface area is 110 Å². The number of rotatable bonds is 1. The molecule has 0 aromatic rings. The van der Waals surface area contributed by atoms with Crippen LogP contribution < -0.4 is 5.32 Å². The average molecular weight is 254 g/mol. The van der Waals surface area contributed by atoms with Gasteiger partial charge in [-0.05, 0) is 10.8 Å². The number of carbonyl (C=O) groups is 2. The topological polar surface area (TPSA) is 49.4 Å². The molecule has 0 saturated carbocycles. The van der Waals surface area contributed by atoms with Crippen molar-refractivity contribution in [1.29, 1.82) is 0 Å². The fraction of sp³-hybridized carbons (Fsp3) is 0.857. The molecule has 1 aliphatic rings. The highest BCUT2D eigenvalue weighted by molar-refractivity contribution is 5.96. The molecule has 1 saturated heterocycles. The zero-order valence-corrected chi connectivity index (χ0v) is 12.6. The van der Waals surface area contributed by atoms with Crippen LogP contribution in [-0.4, -0.2) is 28.9 Å². The second-order valence-electron chi connectivity index (χ2n) is 7.22. The minimum atomic E-state index is -0.248. The molecule has 0 aromatic carbocycles. The highest BCUT2D eigenvalue weighted by Gasteiger charge is 2.51. The van der Waals surface area contributed by atoms with Crippen LogP contribution >= 0.6 is 0 Å². The van der Waals surface area contributed by atoms with Gasteiger partial charge in [0.15, 0.2) is 0 Å². The van der Waals surface area contributed by atoms with Crippen molar-refractivity contribution >= 4 is 11.9 Å². The molecule has 4 nitrogen and oxygen atoms in total. The largest absolute Gasteiger partial charge is 0.332 e. The van der Waals surface area contributed by atoms with Crippen molar-refractivity contribution in [3.05, 3.63) is 0 Å². The first-order valence-electron chi connectivity index (χ1n) is 6.62. The fourth-order valence-electron chi connectivity index (χ4n) is 2.57. The molecular formula is C14H26N2O2. The lowest BCUT2D eigenvalue weighted by molar-refractivity contribution is -0.131. The first kappa shape index (κ1) is 15.0. The van der Waals surface area contributed by atoms with Crippen LogP contribution in [0.4, 0.5) is 4.79 Å². The first-order chi connectivity index (χ1) is 8.00. The predicted octanol–water partition coefficient (Wildman–Crippen LogP) is 2.78. The molecule has 2 atom stereocenters. The van der Waals surface area contributed by atoms with Gasteiger partial charge in [-0.15, -0.1) is 0 Å². The molecule has 4 heteroatoms. The van der Waals surface area contributed by atoms with Gasteiger partial charge in [0.25, 0.3) is 0 Å². The Kier molecular flexibility index (Phi) is 3.80. The van der Waals surface area contributed by atoms with E-state index in [9.17, 15) is 9.59 Å². The first-order valence-corrected chi connectivity index (χ1v) is 6.62. The Morgan fingerprint density at radius 3 is 2.00 bits per heavy atom. The summed E-state index contributed by atoms with van der Waals surface area (Å²) in [5.41, 5.74) is -0.210. The zero-order valence-electron chi connectivity index (χ0n) is 12.6. The van der Waals surface area contributed by atoms with Gasteiger partial charge >= 0.3 is 6.03 Å². The number of imide groups is 1. The van der Waals surface area contributed by atoms with E-state index < -0.39 is 0 Å². The number of hydrogen-bond acceptors (Lipinski definition) is 2. The standard InChI is InChI=1S/C14H26N2O2/c1-8-9(17)16-11(14(5,6)7)10(13(2,3)4)15-12(16)18/h10-11H,8H2,1-7H3,(H,15,18)/t10-,11-/m1/s1. The van der Waals surface area contributed by atoms with E-state index in [4.69, 9.17) is 0 Å². The van der Waals surface area contributed by atoms with Crippen molar-refractivity contribution in [2.75, 3.05) is 0 Å². The highest BCUT2D eigenvalue weighted by Crippen LogP contribution is 2.38. The number of amides is 3. The third kappa shape index (κ3) is 2.68. The minimum Gasteiger partial charge on any atom is -0.332 e. The highest BCUT2D eigenvalue weighted by atomic mass is 16.2. The summed E-state index contributed by atoms with van der Waals surface area (Å²) in [5.74, 6) is -0.0980. The summed E-state index contributed by atoms with van der Waals surface area (Å²) in [7, 11) is 0. The van der Waals surface area contributed by atoms with Gasteiger partial charge in [-0.3, -0.25) is 9.69 Å². The molecule has 0 aliphatic carbocycles. The molecule has 1 heterocycles. The van der Waals surface area contributed by atoms with Crippen molar-refractivity contribution < 1.29 is 9.59 Å². The van der Waals surface area contributed by atoms with Crippen molar-refractivity contribution in [2.45, 2.75) is 67.0 Å². The molecule has 0 unspecified atom stereocenters. The number of nitrogens with one attached hydrogen (secondary N) is 1. The van der Waals surface area contributed by atoms with Gasteiger partial charge in [0.1, 0.15) is 0 Å². The van der Waals surface area contributed by atoms with Gasteiger partial charge in [-0.25, -0.2) is 4.79 Å². The molecule has 0 aromatic heterocycles. The average Bonchev–Trinajstić information content (AvgIpc) is 2.53. The van der Waals surface area contributed by atoms with Gasteiger partial charge in [-0.2, -0.15) is 0 Å². The molecule has 1 aliphatic heterocycles. The van der Waals surface area contributed by atoms with Crippen molar-refractivity contribution in [1.82, 2.24) is 10.2 Å². The van der Waals surface area contributed by atoms with Crippen LogP contribution in [0, 0.1) is 10.8 Å². The smallest absolute Gasteiger partial charge is 0.324 e. The van der Waals surface area contributed by atoms with Gasteiger partial charge in [-0.1, -0.05) is 48.5 Å². The molecule has 18 heavy (non-hydrogen) atoms. The van der Waals surface area contributed by atoms with Crippen LogP contribution in [0.5, 0.6) is 0 Å². The monoisotopic (exact) mass is 254 g/mol. The lowest BCUT2D eigenvalue weighted by Crippen LogP contribution is -2.52. The summed E-state index contributed by atoms with van der Waals surface area (Å²) in [6.07, 6.45) is 0.358. The van der Waals surface area contributed by atoms with E-state index in [0.29, 0.717) is 6.42 Å². The van der Waals surface area contributed by atoms with Crippen molar-refractivity contribution in [3.63, 3.8) is 0 Å². The second kappa shape index (κ2) is 4.56. The van der Waals surface area contributed by atoms with Gasteiger partial charge in [0.2, 0.25) is 5.91 Å². The lowest BCUT2D eigenvalue weighted by Gasteiger charge is -2.40. The summed E-state index contributed by atoms with van der Waals surface area (Å²) in [6.45, 7) is 14.3. The van der Waals surface area contributed by atoms with E-state index in [2.05, 4.69) is 46.9 Å². The normalized spacial score (nSPS) is 25.3. The number of carbonyl (C=O) groups excluding carboxylic acids is 2. The number of urea groups is 1. The Morgan fingerprint density at radius 1 is 1.17 bits per heavy atom. The van der Waals surface area contributed by atoms with Crippen LogP contribution in [0.1, 0.15) is 54.9 Å². The van der Waals surface area contributed by atoms with Gasteiger partial charge < -0.3 is 5.32 Å². The quantitative estimate of drug-likeness (QED) is 0.782. The Morgan fingerprint density at radius 2 is 1.67 bits per heavy atom. The predicted molar refractivity (Wildman–Crippen MR) is 72.2 cm³/mol. The van der Waals surface area contributed by atoms with Gasteiger partial charge in [0, 0.05) is 6.42 Å². The van der Waals surface area contributed by atoms with Crippen molar-refractivity contribution in [3.8, 4) is 0 Å². The van der Waals surface area contributed by atoms with Crippen LogP contribution in [0.2, 0.25) is 0 Å². The summed E-state index contributed by atoms with van der Waals surface area (Å²) in [5, 5.41) is 2.98. The van der Waals surface area contributed by atoms with E-state index in [0.717, 1.165) is 0 Å². The molecule has 1 fully saturated rings. The summed E-state index contributed by atoms with van der Waals surface area (Å²) < 4.78 is 0. The zero-order chi connectivity index (χ0) is 14.3. The van der Waals surface area contributed by atoms with Crippen LogP contribution in [0.3, 0.4) is 0 Å².